The molecule has 0 radical (unpaired) electrons. The molecule has 0 unspecified atom stereocenters. The topological polar surface area (TPSA) is 79.1 Å². The average molecular weight is 262 g/mol. The number of aliphatic hydroxyl groups is 1. The van der Waals surface area contributed by atoms with Crippen LogP contribution in [0.5, 0.6) is 0 Å². The Morgan fingerprint density at radius 3 is 3.17 bits per heavy atom. The van der Waals surface area contributed by atoms with Gasteiger partial charge in [-0.15, -0.1) is 11.3 Å². The fraction of sp³-hybridized carbons (Fsp3) is 0.167. The van der Waals surface area contributed by atoms with Gasteiger partial charge in [0.15, 0.2) is 5.58 Å². The van der Waals surface area contributed by atoms with E-state index in [1.165, 1.54) is 11.3 Å². The number of hydrogen-bond acceptors (Lipinski definition) is 5. The van der Waals surface area contributed by atoms with E-state index in [0.29, 0.717) is 17.5 Å². The Morgan fingerprint density at radius 1 is 1.44 bits per heavy atom. The zero-order valence-electron chi connectivity index (χ0n) is 9.34. The van der Waals surface area contributed by atoms with Crippen molar-refractivity contribution in [2.45, 2.75) is 6.42 Å². The van der Waals surface area contributed by atoms with Crippen molar-refractivity contribution in [3.8, 4) is 11.3 Å². The Balaban J connectivity index is 2.04. The van der Waals surface area contributed by atoms with Crippen LogP contribution < -0.4 is 5.76 Å². The van der Waals surface area contributed by atoms with E-state index in [9.17, 15) is 4.79 Å². The molecule has 3 rings (SSSR count). The Labute approximate surface area is 106 Å². The predicted molar refractivity (Wildman–Crippen MR) is 68.7 cm³/mol. The maximum absolute atomic E-state index is 11.1. The maximum Gasteiger partial charge on any atom is 0.417 e. The van der Waals surface area contributed by atoms with Gasteiger partial charge in [0.05, 0.1) is 16.2 Å². The van der Waals surface area contributed by atoms with E-state index in [4.69, 9.17) is 9.52 Å². The van der Waals surface area contributed by atoms with Crippen LogP contribution >= 0.6 is 11.3 Å². The van der Waals surface area contributed by atoms with Gasteiger partial charge < -0.3 is 9.52 Å². The minimum Gasteiger partial charge on any atom is -0.408 e. The van der Waals surface area contributed by atoms with E-state index in [1.807, 2.05) is 17.5 Å². The third-order valence-electron chi connectivity index (χ3n) is 2.59. The lowest BCUT2D eigenvalue weighted by atomic mass is 10.1. The molecule has 0 atom stereocenters. The van der Waals surface area contributed by atoms with Crippen LogP contribution in [0.3, 0.4) is 0 Å². The van der Waals surface area contributed by atoms with Crippen molar-refractivity contribution < 1.29 is 9.52 Å². The number of aliphatic hydroxyl groups excluding tert-OH is 1. The van der Waals surface area contributed by atoms with E-state index in [2.05, 4.69) is 9.97 Å². The van der Waals surface area contributed by atoms with Gasteiger partial charge in [-0.05, 0) is 18.2 Å². The molecule has 6 heteroatoms. The highest BCUT2D eigenvalue weighted by atomic mass is 32.1. The average Bonchev–Trinajstić information content (AvgIpc) is 2.93. The fourth-order valence-electron chi connectivity index (χ4n) is 1.77. The summed E-state index contributed by atoms with van der Waals surface area (Å²) < 4.78 is 4.94. The predicted octanol–water partition coefficient (Wildman–Crippen LogP) is 1.78. The summed E-state index contributed by atoms with van der Waals surface area (Å²) in [6.07, 6.45) is 0.565. The highest BCUT2D eigenvalue weighted by Crippen LogP contribution is 2.24. The van der Waals surface area contributed by atoms with Crippen molar-refractivity contribution in [2.75, 3.05) is 6.61 Å². The van der Waals surface area contributed by atoms with E-state index in [-0.39, 0.29) is 6.61 Å². The third kappa shape index (κ3) is 1.96. The van der Waals surface area contributed by atoms with Gasteiger partial charge in [0, 0.05) is 24.0 Å². The molecule has 0 aliphatic rings. The van der Waals surface area contributed by atoms with Gasteiger partial charge in [0.2, 0.25) is 0 Å². The summed E-state index contributed by atoms with van der Waals surface area (Å²) >= 11 is 1.51. The molecule has 2 heterocycles. The monoisotopic (exact) mass is 262 g/mol. The normalized spacial score (nSPS) is 11.2. The van der Waals surface area contributed by atoms with Crippen LogP contribution in [-0.2, 0) is 6.42 Å². The number of hydrogen-bond donors (Lipinski definition) is 2. The molecule has 0 saturated heterocycles. The number of nitrogens with zero attached hydrogens (tertiary/aromatic N) is 1. The molecule has 0 fully saturated rings. The SMILES string of the molecule is O=c1[nH]c2cc(-c3csc(CCO)n3)ccc2o1. The minimum absolute atomic E-state index is 0.0983. The van der Waals surface area contributed by atoms with Crippen molar-refractivity contribution in [1.82, 2.24) is 9.97 Å². The second kappa shape index (κ2) is 4.40. The highest BCUT2D eigenvalue weighted by Gasteiger charge is 2.07. The number of benzene rings is 1. The van der Waals surface area contributed by atoms with Gasteiger partial charge in [-0.25, -0.2) is 9.78 Å². The van der Waals surface area contributed by atoms with Crippen molar-refractivity contribution in [1.29, 1.82) is 0 Å². The third-order valence-corrected chi connectivity index (χ3v) is 3.50. The summed E-state index contributed by atoms with van der Waals surface area (Å²) in [4.78, 5) is 18.1. The highest BCUT2D eigenvalue weighted by molar-refractivity contribution is 7.09. The molecule has 1 aromatic carbocycles. The van der Waals surface area contributed by atoms with Crippen LogP contribution in [0.4, 0.5) is 0 Å². The number of H-pyrrole nitrogens is 1. The number of oxazole rings is 1. The van der Waals surface area contributed by atoms with Crippen molar-refractivity contribution in [3.63, 3.8) is 0 Å². The lowest BCUT2D eigenvalue weighted by molar-refractivity contribution is 0.299. The first-order chi connectivity index (χ1) is 8.76. The van der Waals surface area contributed by atoms with Gasteiger partial charge in [-0.3, -0.25) is 4.98 Å². The van der Waals surface area contributed by atoms with Gasteiger partial charge in [0.25, 0.3) is 0 Å². The van der Waals surface area contributed by atoms with Crippen LogP contribution in [0.15, 0.2) is 32.8 Å². The number of rotatable bonds is 3. The Morgan fingerprint density at radius 2 is 2.33 bits per heavy atom. The molecular formula is C12H10N2O3S. The minimum atomic E-state index is -0.457. The molecule has 5 nitrogen and oxygen atoms in total. The largest absolute Gasteiger partial charge is 0.417 e. The van der Waals surface area contributed by atoms with Gasteiger partial charge in [-0.1, -0.05) is 0 Å². The lowest BCUT2D eigenvalue weighted by Gasteiger charge is -1.95. The van der Waals surface area contributed by atoms with Crippen LogP contribution in [0.2, 0.25) is 0 Å². The first-order valence-corrected chi connectivity index (χ1v) is 6.33. The van der Waals surface area contributed by atoms with E-state index in [0.717, 1.165) is 16.3 Å². The summed E-state index contributed by atoms with van der Waals surface area (Å²) in [7, 11) is 0. The summed E-state index contributed by atoms with van der Waals surface area (Å²) in [6.45, 7) is 0.0983. The quantitative estimate of drug-likeness (QED) is 0.754. The molecule has 92 valence electrons. The number of aromatic nitrogens is 2. The van der Waals surface area contributed by atoms with Gasteiger partial charge in [0.1, 0.15) is 0 Å². The zero-order chi connectivity index (χ0) is 12.5. The number of aromatic amines is 1. The molecule has 3 aromatic rings. The second-order valence-electron chi connectivity index (χ2n) is 3.83. The van der Waals surface area contributed by atoms with Crippen molar-refractivity contribution >= 4 is 22.4 Å². The Hall–Kier alpha value is -1.92. The van der Waals surface area contributed by atoms with Crippen LogP contribution in [0, 0.1) is 0 Å². The van der Waals surface area contributed by atoms with E-state index < -0.39 is 5.76 Å². The molecule has 18 heavy (non-hydrogen) atoms. The molecule has 2 aromatic heterocycles. The van der Waals surface area contributed by atoms with Crippen molar-refractivity contribution in [2.24, 2.45) is 0 Å². The van der Waals surface area contributed by atoms with Crippen LogP contribution in [0.1, 0.15) is 5.01 Å². The molecule has 0 aliphatic heterocycles. The summed E-state index contributed by atoms with van der Waals surface area (Å²) in [5.41, 5.74) is 2.95. The van der Waals surface area contributed by atoms with Crippen molar-refractivity contribution in [3.05, 3.63) is 39.1 Å². The smallest absolute Gasteiger partial charge is 0.408 e. The summed E-state index contributed by atoms with van der Waals surface area (Å²) in [5, 5.41) is 11.7. The summed E-state index contributed by atoms with van der Waals surface area (Å²) in [5.74, 6) is -0.457. The van der Waals surface area contributed by atoms with E-state index >= 15 is 0 Å². The maximum atomic E-state index is 11.1. The number of thiazole rings is 1. The molecule has 0 saturated carbocycles. The van der Waals surface area contributed by atoms with Crippen LogP contribution in [0.25, 0.3) is 22.4 Å². The molecule has 0 amide bonds. The number of nitrogens with one attached hydrogen (secondary N) is 1. The molecular weight excluding hydrogens is 252 g/mol. The summed E-state index contributed by atoms with van der Waals surface area (Å²) in [6, 6.07) is 5.43. The Kier molecular flexibility index (Phi) is 2.73. The van der Waals surface area contributed by atoms with Crippen LogP contribution in [-0.4, -0.2) is 21.7 Å². The Bertz CT molecular complexity index is 741. The van der Waals surface area contributed by atoms with E-state index in [1.54, 1.807) is 6.07 Å². The lowest BCUT2D eigenvalue weighted by Crippen LogP contribution is -1.92. The van der Waals surface area contributed by atoms with Gasteiger partial charge >= 0.3 is 5.76 Å². The standard InChI is InChI=1S/C12H10N2O3S/c15-4-3-11-13-9(6-18-11)7-1-2-10-8(5-7)14-12(16)17-10/h1-2,5-6,15H,3-4H2,(H,14,16). The molecule has 0 bridgehead atoms. The molecule has 0 spiro atoms. The zero-order valence-corrected chi connectivity index (χ0v) is 10.2. The van der Waals surface area contributed by atoms with Gasteiger partial charge in [-0.2, -0.15) is 0 Å². The second-order valence-corrected chi connectivity index (χ2v) is 4.77. The fourth-order valence-corrected chi connectivity index (χ4v) is 2.56. The first kappa shape index (κ1) is 11.2. The number of fused-ring (bicyclic) bond motifs is 1. The molecule has 0 aliphatic carbocycles. The first-order valence-electron chi connectivity index (χ1n) is 5.45. The molecule has 2 N–H and O–H groups in total.